The molecule has 1 rings (SSSR count). The Labute approximate surface area is 68.9 Å². The second-order valence-corrected chi connectivity index (χ2v) is 2.45. The molecule has 0 N–H and O–H groups in total. The van der Waals surface area contributed by atoms with Gasteiger partial charge in [0.1, 0.15) is 0 Å². The maximum Gasteiger partial charge on any atom is 0.0627 e. The molecule has 1 aromatic rings. The molecular formula is C8H8BrN. The summed E-state index contributed by atoms with van der Waals surface area (Å²) in [5.41, 5.74) is 1.97. The van der Waals surface area contributed by atoms with Crippen molar-refractivity contribution >= 4 is 22.0 Å². The molecule has 0 aliphatic rings. The summed E-state index contributed by atoms with van der Waals surface area (Å²) in [6.45, 7) is 3.63. The minimum absolute atomic E-state index is 0.800. The molecule has 0 radical (unpaired) electrons. The number of pyridine rings is 1. The third-order valence-corrected chi connectivity index (χ3v) is 1.75. The molecule has 0 unspecified atom stereocenters. The summed E-state index contributed by atoms with van der Waals surface area (Å²) in [5.74, 6) is 0. The Balaban J connectivity index is 2.98. The maximum atomic E-state index is 4.24. The Hall–Kier alpha value is -0.630. The molecule has 0 aromatic carbocycles. The number of alkyl halides is 1. The van der Waals surface area contributed by atoms with Crippen molar-refractivity contribution in [3.8, 4) is 0 Å². The highest BCUT2D eigenvalue weighted by atomic mass is 79.9. The van der Waals surface area contributed by atoms with E-state index in [1.165, 1.54) is 0 Å². The second kappa shape index (κ2) is 3.52. The monoisotopic (exact) mass is 197 g/mol. The standard InChI is InChI=1S/C8H8BrN/c1-2-7-4-3-5-8(6-9)10-7/h2-5H,1,6H2. The van der Waals surface area contributed by atoms with Crippen molar-refractivity contribution in [2.24, 2.45) is 0 Å². The molecule has 1 aromatic heterocycles. The Morgan fingerprint density at radius 3 is 3.00 bits per heavy atom. The molecule has 1 heterocycles. The molecule has 2 heteroatoms. The van der Waals surface area contributed by atoms with Crippen LogP contribution in [0.1, 0.15) is 11.4 Å². The fraction of sp³-hybridized carbons (Fsp3) is 0.125. The van der Waals surface area contributed by atoms with Gasteiger partial charge in [0.15, 0.2) is 0 Å². The zero-order chi connectivity index (χ0) is 7.40. The van der Waals surface area contributed by atoms with Crippen molar-refractivity contribution in [1.82, 2.24) is 4.98 Å². The van der Waals surface area contributed by atoms with Crippen LogP contribution >= 0.6 is 15.9 Å². The number of halogens is 1. The quantitative estimate of drug-likeness (QED) is 0.665. The van der Waals surface area contributed by atoms with Crippen molar-refractivity contribution in [2.75, 3.05) is 0 Å². The molecule has 0 amide bonds. The van der Waals surface area contributed by atoms with E-state index in [1.54, 1.807) is 6.08 Å². The highest BCUT2D eigenvalue weighted by Gasteiger charge is 1.90. The Kier molecular flexibility index (Phi) is 2.63. The summed E-state index contributed by atoms with van der Waals surface area (Å²) in [5, 5.41) is 0.800. The van der Waals surface area contributed by atoms with Gasteiger partial charge in [0.05, 0.1) is 11.4 Å². The third kappa shape index (κ3) is 1.67. The van der Waals surface area contributed by atoms with Crippen molar-refractivity contribution in [1.29, 1.82) is 0 Å². The van der Waals surface area contributed by atoms with E-state index in [1.807, 2.05) is 18.2 Å². The first-order chi connectivity index (χ1) is 4.86. The molecule has 1 nitrogen and oxygen atoms in total. The van der Waals surface area contributed by atoms with Crippen molar-refractivity contribution in [2.45, 2.75) is 5.33 Å². The third-order valence-electron chi connectivity index (χ3n) is 1.17. The largest absolute Gasteiger partial charge is 0.253 e. The molecule has 0 atom stereocenters. The van der Waals surface area contributed by atoms with E-state index in [9.17, 15) is 0 Å². The van der Waals surface area contributed by atoms with Gasteiger partial charge in [-0.05, 0) is 18.2 Å². The van der Waals surface area contributed by atoms with E-state index in [-0.39, 0.29) is 0 Å². The Bertz CT molecular complexity index is 232. The lowest BCUT2D eigenvalue weighted by molar-refractivity contribution is 1.17. The lowest BCUT2D eigenvalue weighted by atomic mass is 10.3. The zero-order valence-corrected chi connectivity index (χ0v) is 7.13. The lowest BCUT2D eigenvalue weighted by Crippen LogP contribution is -1.85. The SMILES string of the molecule is C=Cc1cccc(CBr)n1. The molecule has 0 bridgehead atoms. The van der Waals surface area contributed by atoms with Crippen LogP contribution in [0.4, 0.5) is 0 Å². The maximum absolute atomic E-state index is 4.24. The first kappa shape index (κ1) is 7.48. The molecule has 0 aliphatic heterocycles. The average molecular weight is 198 g/mol. The number of nitrogens with zero attached hydrogens (tertiary/aromatic N) is 1. The van der Waals surface area contributed by atoms with Crippen LogP contribution in [0.5, 0.6) is 0 Å². The topological polar surface area (TPSA) is 12.9 Å². The van der Waals surface area contributed by atoms with E-state index in [4.69, 9.17) is 0 Å². The minimum Gasteiger partial charge on any atom is -0.253 e. The minimum atomic E-state index is 0.800. The summed E-state index contributed by atoms with van der Waals surface area (Å²) in [6.07, 6.45) is 1.74. The van der Waals surface area contributed by atoms with Gasteiger partial charge in [0, 0.05) is 5.33 Å². The highest BCUT2D eigenvalue weighted by molar-refractivity contribution is 9.08. The van der Waals surface area contributed by atoms with E-state index in [2.05, 4.69) is 27.5 Å². The summed E-state index contributed by atoms with van der Waals surface area (Å²) < 4.78 is 0. The van der Waals surface area contributed by atoms with Crippen LogP contribution in [0.15, 0.2) is 24.8 Å². The molecule has 0 saturated carbocycles. The normalized spacial score (nSPS) is 9.30. The predicted molar refractivity (Wildman–Crippen MR) is 47.0 cm³/mol. The fourth-order valence-electron chi connectivity index (χ4n) is 0.686. The van der Waals surface area contributed by atoms with Crippen LogP contribution in [-0.2, 0) is 5.33 Å². The molecule has 0 fully saturated rings. The first-order valence-corrected chi connectivity index (χ1v) is 4.13. The van der Waals surface area contributed by atoms with Crippen LogP contribution in [0, 0.1) is 0 Å². The summed E-state index contributed by atoms with van der Waals surface area (Å²) >= 11 is 3.32. The number of aromatic nitrogens is 1. The molecule has 0 saturated heterocycles. The second-order valence-electron chi connectivity index (χ2n) is 1.89. The van der Waals surface area contributed by atoms with E-state index in [0.717, 1.165) is 16.7 Å². The van der Waals surface area contributed by atoms with Crippen LogP contribution in [-0.4, -0.2) is 4.98 Å². The Morgan fingerprint density at radius 1 is 1.60 bits per heavy atom. The number of rotatable bonds is 2. The number of hydrogen-bond donors (Lipinski definition) is 0. The van der Waals surface area contributed by atoms with Gasteiger partial charge in [0.2, 0.25) is 0 Å². The Morgan fingerprint density at radius 2 is 2.40 bits per heavy atom. The van der Waals surface area contributed by atoms with Crippen LogP contribution in [0.2, 0.25) is 0 Å². The van der Waals surface area contributed by atoms with E-state index >= 15 is 0 Å². The fourth-order valence-corrected chi connectivity index (χ4v) is 0.999. The van der Waals surface area contributed by atoms with Gasteiger partial charge in [-0.25, -0.2) is 0 Å². The average Bonchev–Trinajstić information content (AvgIpc) is 2.05. The van der Waals surface area contributed by atoms with Gasteiger partial charge in [0.25, 0.3) is 0 Å². The molecule has 52 valence electrons. The molecule has 0 spiro atoms. The van der Waals surface area contributed by atoms with Gasteiger partial charge in [-0.3, -0.25) is 4.98 Å². The highest BCUT2D eigenvalue weighted by Crippen LogP contribution is 2.03. The lowest BCUT2D eigenvalue weighted by Gasteiger charge is -1.94. The van der Waals surface area contributed by atoms with Gasteiger partial charge in [-0.2, -0.15) is 0 Å². The zero-order valence-electron chi connectivity index (χ0n) is 5.55. The van der Waals surface area contributed by atoms with E-state index < -0.39 is 0 Å². The van der Waals surface area contributed by atoms with Crippen molar-refractivity contribution in [3.63, 3.8) is 0 Å². The summed E-state index contributed by atoms with van der Waals surface area (Å²) in [6, 6.07) is 5.88. The summed E-state index contributed by atoms with van der Waals surface area (Å²) in [4.78, 5) is 4.24. The number of hydrogen-bond acceptors (Lipinski definition) is 1. The molecular weight excluding hydrogens is 190 g/mol. The summed E-state index contributed by atoms with van der Waals surface area (Å²) in [7, 11) is 0. The van der Waals surface area contributed by atoms with Crippen LogP contribution in [0.3, 0.4) is 0 Å². The van der Waals surface area contributed by atoms with Crippen LogP contribution in [0.25, 0.3) is 6.08 Å². The van der Waals surface area contributed by atoms with Gasteiger partial charge in [-0.1, -0.05) is 28.6 Å². The first-order valence-electron chi connectivity index (χ1n) is 3.01. The van der Waals surface area contributed by atoms with Crippen molar-refractivity contribution in [3.05, 3.63) is 36.2 Å². The van der Waals surface area contributed by atoms with Crippen molar-refractivity contribution < 1.29 is 0 Å². The van der Waals surface area contributed by atoms with Gasteiger partial charge in [-0.15, -0.1) is 0 Å². The molecule has 0 aliphatic carbocycles. The van der Waals surface area contributed by atoms with Gasteiger partial charge >= 0.3 is 0 Å². The van der Waals surface area contributed by atoms with E-state index in [0.29, 0.717) is 0 Å². The molecule has 10 heavy (non-hydrogen) atoms. The van der Waals surface area contributed by atoms with Gasteiger partial charge < -0.3 is 0 Å². The smallest absolute Gasteiger partial charge is 0.0627 e. The predicted octanol–water partition coefficient (Wildman–Crippen LogP) is 2.62. The van der Waals surface area contributed by atoms with Crippen LogP contribution < -0.4 is 0 Å².